The van der Waals surface area contributed by atoms with E-state index in [4.69, 9.17) is 5.11 Å². The van der Waals surface area contributed by atoms with Crippen LogP contribution in [-0.2, 0) is 9.59 Å². The molecule has 0 radical (unpaired) electrons. The Hall–Kier alpha value is -2.88. The quantitative estimate of drug-likeness (QED) is 0.530. The third kappa shape index (κ3) is 3.48. The number of hydrogen-bond donors (Lipinski definition) is 3. The monoisotopic (exact) mass is 335 g/mol. The minimum atomic E-state index is -1.23. The van der Waals surface area contributed by atoms with Crippen molar-refractivity contribution >= 4 is 40.5 Å². The molecule has 1 aromatic heterocycles. The van der Waals surface area contributed by atoms with Crippen LogP contribution in [0.1, 0.15) is 10.5 Å². The molecule has 0 unspecified atom stereocenters. The SMILES string of the molecule is C=CCN1C(=O)C(=CC(=O)O)SC1=Nc1nc[nH]c1C(=O)NC. The number of hydrogen-bond acceptors (Lipinski definition) is 6. The van der Waals surface area contributed by atoms with Crippen molar-refractivity contribution in [1.29, 1.82) is 0 Å². The molecule has 0 saturated carbocycles. The van der Waals surface area contributed by atoms with E-state index in [9.17, 15) is 14.4 Å². The van der Waals surface area contributed by atoms with Crippen molar-refractivity contribution in [2.24, 2.45) is 4.99 Å². The summed E-state index contributed by atoms with van der Waals surface area (Å²) < 4.78 is 0. The highest BCUT2D eigenvalue weighted by atomic mass is 32.2. The Kier molecular flexibility index (Phi) is 4.96. The molecule has 10 heteroatoms. The van der Waals surface area contributed by atoms with Crippen LogP contribution in [0.2, 0.25) is 0 Å². The van der Waals surface area contributed by atoms with E-state index < -0.39 is 17.8 Å². The van der Waals surface area contributed by atoms with Gasteiger partial charge in [0.15, 0.2) is 16.7 Å². The molecule has 0 aliphatic carbocycles. The predicted molar refractivity (Wildman–Crippen MR) is 84.3 cm³/mol. The molecule has 23 heavy (non-hydrogen) atoms. The molecule has 0 spiro atoms. The van der Waals surface area contributed by atoms with Crippen molar-refractivity contribution < 1.29 is 19.5 Å². The highest BCUT2D eigenvalue weighted by Gasteiger charge is 2.33. The molecule has 0 aromatic carbocycles. The van der Waals surface area contributed by atoms with Crippen molar-refractivity contribution in [3.63, 3.8) is 0 Å². The minimum Gasteiger partial charge on any atom is -0.478 e. The van der Waals surface area contributed by atoms with Gasteiger partial charge in [-0.05, 0) is 11.8 Å². The number of aromatic nitrogens is 2. The Morgan fingerprint density at radius 1 is 1.61 bits per heavy atom. The van der Waals surface area contributed by atoms with Crippen molar-refractivity contribution in [2.75, 3.05) is 13.6 Å². The minimum absolute atomic E-state index is 0.0233. The number of rotatable bonds is 5. The fourth-order valence-corrected chi connectivity index (χ4v) is 2.70. The van der Waals surface area contributed by atoms with Crippen LogP contribution in [0, 0.1) is 0 Å². The first kappa shape index (κ1) is 16.5. The van der Waals surface area contributed by atoms with Crippen molar-refractivity contribution in [3.8, 4) is 0 Å². The smallest absolute Gasteiger partial charge is 0.329 e. The van der Waals surface area contributed by atoms with E-state index in [-0.39, 0.29) is 28.1 Å². The molecule has 9 nitrogen and oxygen atoms in total. The fraction of sp³-hybridized carbons (Fsp3) is 0.154. The molecule has 2 amide bonds. The standard InChI is InChI=1S/C13H13N5O4S/c1-3-4-18-12(22)7(5-8(19)20)23-13(18)17-10-9(11(21)14-2)15-6-16-10/h3,5-6H,1,4H2,2H3,(H,14,21)(H,15,16)(H,19,20). The molecule has 1 aromatic rings. The Labute approximate surface area is 135 Å². The first-order valence-electron chi connectivity index (χ1n) is 6.37. The number of aromatic amines is 1. The summed E-state index contributed by atoms with van der Waals surface area (Å²) >= 11 is 0.895. The van der Waals surface area contributed by atoms with Gasteiger partial charge in [0.25, 0.3) is 11.8 Å². The van der Waals surface area contributed by atoms with Gasteiger partial charge in [0.2, 0.25) is 0 Å². The van der Waals surface area contributed by atoms with Crippen LogP contribution in [-0.4, -0.2) is 56.5 Å². The topological polar surface area (TPSA) is 128 Å². The van der Waals surface area contributed by atoms with E-state index >= 15 is 0 Å². The number of carbonyl (C=O) groups excluding carboxylic acids is 2. The van der Waals surface area contributed by atoms with E-state index in [0.29, 0.717) is 0 Å². The molecule has 3 N–H and O–H groups in total. The first-order chi connectivity index (χ1) is 11.0. The highest BCUT2D eigenvalue weighted by molar-refractivity contribution is 8.18. The Balaban J connectivity index is 2.42. The molecule has 1 aliphatic rings. The summed E-state index contributed by atoms with van der Waals surface area (Å²) in [5, 5.41) is 11.5. The Morgan fingerprint density at radius 2 is 2.35 bits per heavy atom. The van der Waals surface area contributed by atoms with Gasteiger partial charge in [-0.3, -0.25) is 14.5 Å². The number of carbonyl (C=O) groups is 3. The molecule has 1 fully saturated rings. The summed E-state index contributed by atoms with van der Waals surface area (Å²) in [6, 6.07) is 0. The summed E-state index contributed by atoms with van der Waals surface area (Å²) in [5.41, 5.74) is 0.141. The number of aliphatic imine (C=N–C) groups is 1. The third-order valence-electron chi connectivity index (χ3n) is 2.73. The zero-order valence-corrected chi connectivity index (χ0v) is 12.9. The van der Waals surface area contributed by atoms with Crippen LogP contribution >= 0.6 is 11.8 Å². The van der Waals surface area contributed by atoms with Crippen LogP contribution < -0.4 is 5.32 Å². The van der Waals surface area contributed by atoms with Gasteiger partial charge < -0.3 is 15.4 Å². The van der Waals surface area contributed by atoms with E-state index in [2.05, 4.69) is 26.9 Å². The summed E-state index contributed by atoms with van der Waals surface area (Å²) in [4.78, 5) is 46.7. The summed E-state index contributed by atoms with van der Waals surface area (Å²) in [7, 11) is 1.46. The number of aliphatic carboxylic acids is 1. The normalized spacial score (nSPS) is 17.8. The van der Waals surface area contributed by atoms with E-state index in [1.165, 1.54) is 24.4 Å². The van der Waals surface area contributed by atoms with Gasteiger partial charge in [-0.15, -0.1) is 6.58 Å². The lowest BCUT2D eigenvalue weighted by molar-refractivity contribution is -0.132. The number of H-pyrrole nitrogens is 1. The lowest BCUT2D eigenvalue weighted by Crippen LogP contribution is -2.29. The summed E-state index contributed by atoms with van der Waals surface area (Å²) in [6.45, 7) is 3.71. The number of nitrogens with zero attached hydrogens (tertiary/aromatic N) is 3. The lowest BCUT2D eigenvalue weighted by Gasteiger charge is -2.12. The van der Waals surface area contributed by atoms with Crippen LogP contribution in [0.3, 0.4) is 0 Å². The van der Waals surface area contributed by atoms with Crippen LogP contribution in [0.5, 0.6) is 0 Å². The van der Waals surface area contributed by atoms with Crippen LogP contribution in [0.4, 0.5) is 5.82 Å². The summed E-state index contributed by atoms with van der Waals surface area (Å²) in [6.07, 6.45) is 3.61. The number of imidazole rings is 1. The molecule has 0 atom stereocenters. The Bertz CT molecular complexity index is 736. The van der Waals surface area contributed by atoms with Gasteiger partial charge in [0.05, 0.1) is 11.2 Å². The number of nitrogens with one attached hydrogen (secondary N) is 2. The first-order valence-corrected chi connectivity index (χ1v) is 7.19. The Morgan fingerprint density at radius 3 is 2.96 bits per heavy atom. The van der Waals surface area contributed by atoms with Gasteiger partial charge in [-0.25, -0.2) is 14.8 Å². The number of carboxylic acids is 1. The molecule has 2 heterocycles. The van der Waals surface area contributed by atoms with E-state index in [1.54, 1.807) is 0 Å². The zero-order chi connectivity index (χ0) is 17.0. The molecule has 1 aliphatic heterocycles. The number of thioether (sulfide) groups is 1. The average Bonchev–Trinajstić information content (AvgIpc) is 3.07. The molecule has 0 bridgehead atoms. The predicted octanol–water partition coefficient (Wildman–Crippen LogP) is 0.487. The van der Waals surface area contributed by atoms with Crippen LogP contribution in [0.15, 0.2) is 35.0 Å². The largest absolute Gasteiger partial charge is 0.478 e. The van der Waals surface area contributed by atoms with Crippen molar-refractivity contribution in [3.05, 3.63) is 35.7 Å². The summed E-state index contributed by atoms with van der Waals surface area (Å²) in [5.74, 6) is -2.03. The second-order valence-electron chi connectivity index (χ2n) is 4.23. The molecular formula is C13H13N5O4S. The van der Waals surface area contributed by atoms with Crippen molar-refractivity contribution in [1.82, 2.24) is 20.2 Å². The van der Waals surface area contributed by atoms with Crippen molar-refractivity contribution in [2.45, 2.75) is 0 Å². The van der Waals surface area contributed by atoms with Gasteiger partial charge in [0, 0.05) is 19.7 Å². The number of amidine groups is 1. The van der Waals surface area contributed by atoms with Crippen LogP contribution in [0.25, 0.3) is 0 Å². The van der Waals surface area contributed by atoms with Gasteiger partial charge >= 0.3 is 5.97 Å². The maximum atomic E-state index is 12.2. The van der Waals surface area contributed by atoms with E-state index in [0.717, 1.165) is 17.8 Å². The van der Waals surface area contributed by atoms with E-state index in [1.807, 2.05) is 0 Å². The average molecular weight is 335 g/mol. The maximum absolute atomic E-state index is 12.2. The molecule has 1 saturated heterocycles. The number of amides is 2. The maximum Gasteiger partial charge on any atom is 0.329 e. The molecular weight excluding hydrogens is 322 g/mol. The fourth-order valence-electron chi connectivity index (χ4n) is 1.75. The zero-order valence-electron chi connectivity index (χ0n) is 12.1. The lowest BCUT2D eigenvalue weighted by atomic mass is 10.4. The molecule has 120 valence electrons. The van der Waals surface area contributed by atoms with Gasteiger partial charge in [-0.2, -0.15) is 0 Å². The second-order valence-corrected chi connectivity index (χ2v) is 5.24. The second kappa shape index (κ2) is 6.92. The van der Waals surface area contributed by atoms with Gasteiger partial charge in [0.1, 0.15) is 0 Å². The molecule has 2 rings (SSSR count). The third-order valence-corrected chi connectivity index (χ3v) is 3.74. The number of carboxylic acid groups (broad SMARTS) is 1. The highest BCUT2D eigenvalue weighted by Crippen LogP contribution is 2.32. The van der Waals surface area contributed by atoms with Gasteiger partial charge in [-0.1, -0.05) is 6.08 Å².